The largest absolute Gasteiger partial charge is 0.489 e. The molecule has 1 saturated carbocycles. The third kappa shape index (κ3) is 2.88. The summed E-state index contributed by atoms with van der Waals surface area (Å²) < 4.78 is 54.9. The van der Waals surface area contributed by atoms with Gasteiger partial charge in [-0.05, 0) is 24.8 Å². The molecule has 6 nitrogen and oxygen atoms in total. The van der Waals surface area contributed by atoms with Crippen molar-refractivity contribution < 1.29 is 26.7 Å². The van der Waals surface area contributed by atoms with Gasteiger partial charge in [-0.15, -0.1) is 0 Å². The van der Waals surface area contributed by atoms with Crippen LogP contribution in [0.5, 0.6) is 5.75 Å². The Morgan fingerprint density at radius 2 is 1.95 bits per heavy atom. The van der Waals surface area contributed by atoms with Crippen LogP contribution in [0.3, 0.4) is 0 Å². The lowest BCUT2D eigenvalue weighted by Crippen LogP contribution is -2.20. The van der Waals surface area contributed by atoms with Crippen molar-refractivity contribution in [2.45, 2.75) is 17.7 Å². The van der Waals surface area contributed by atoms with E-state index in [1.54, 1.807) is 0 Å². The maximum absolute atomic E-state index is 13.9. The van der Waals surface area contributed by atoms with E-state index < -0.39 is 43.8 Å². The summed E-state index contributed by atoms with van der Waals surface area (Å²) in [5, 5.41) is 4.75. The molecule has 0 aliphatic heterocycles. The molecule has 0 aromatic heterocycles. The van der Waals surface area contributed by atoms with Gasteiger partial charge in [0.05, 0.1) is 12.2 Å². The van der Waals surface area contributed by atoms with Crippen LogP contribution in [0.4, 0.5) is 8.78 Å². The zero-order chi connectivity index (χ0) is 15.1. The zero-order valence-electron chi connectivity index (χ0n) is 10.2. The molecule has 9 heteroatoms. The second-order valence-corrected chi connectivity index (χ2v) is 6.07. The van der Waals surface area contributed by atoms with Crippen LogP contribution in [0.2, 0.25) is 0 Å². The smallest absolute Gasteiger partial charge is 0.252 e. The quantitative estimate of drug-likeness (QED) is 0.824. The number of halogens is 2. The number of hydrogen-bond donors (Lipinski definition) is 2. The molecule has 20 heavy (non-hydrogen) atoms. The van der Waals surface area contributed by atoms with Crippen molar-refractivity contribution in [3.63, 3.8) is 0 Å². The van der Waals surface area contributed by atoms with Crippen LogP contribution in [0.1, 0.15) is 23.2 Å². The number of carbonyl (C=O) groups excluding carboxylic acids is 1. The number of sulfonamides is 1. The second-order valence-electron chi connectivity index (χ2n) is 4.54. The number of nitrogens with two attached hydrogens (primary N) is 2. The zero-order valence-corrected chi connectivity index (χ0v) is 11.0. The summed E-state index contributed by atoms with van der Waals surface area (Å²) >= 11 is 0. The molecular weight excluding hydrogens is 294 g/mol. The first-order chi connectivity index (χ1) is 9.21. The van der Waals surface area contributed by atoms with Gasteiger partial charge in [0.25, 0.3) is 5.91 Å². The molecule has 1 aliphatic carbocycles. The van der Waals surface area contributed by atoms with Gasteiger partial charge in [-0.1, -0.05) is 0 Å². The van der Waals surface area contributed by atoms with E-state index in [1.165, 1.54) is 0 Å². The predicted octanol–water partition coefficient (Wildman–Crippen LogP) is 0.500. The van der Waals surface area contributed by atoms with Gasteiger partial charge in [0.2, 0.25) is 15.8 Å². The SMILES string of the molecule is NC(=O)c1cc(S(N)(=O)=O)c(F)c(F)c1OCC1CC1. The number of hydrogen-bond acceptors (Lipinski definition) is 4. The van der Waals surface area contributed by atoms with Gasteiger partial charge in [0, 0.05) is 0 Å². The predicted molar refractivity (Wildman–Crippen MR) is 64.5 cm³/mol. The molecular formula is C11H12F2N2O4S. The molecule has 2 rings (SSSR count). The van der Waals surface area contributed by atoms with Gasteiger partial charge in [-0.3, -0.25) is 4.79 Å². The Kier molecular flexibility index (Phi) is 3.65. The molecule has 0 radical (unpaired) electrons. The first-order valence-electron chi connectivity index (χ1n) is 5.69. The van der Waals surface area contributed by atoms with Gasteiger partial charge >= 0.3 is 0 Å². The number of carbonyl (C=O) groups is 1. The third-order valence-electron chi connectivity index (χ3n) is 2.86. The topological polar surface area (TPSA) is 112 Å². The maximum atomic E-state index is 13.9. The molecule has 1 aliphatic rings. The average Bonchev–Trinajstić information content (AvgIpc) is 3.12. The molecule has 4 N–H and O–H groups in total. The van der Waals surface area contributed by atoms with E-state index in [0.29, 0.717) is 6.07 Å². The van der Waals surface area contributed by atoms with Gasteiger partial charge in [-0.25, -0.2) is 17.9 Å². The van der Waals surface area contributed by atoms with Gasteiger partial charge < -0.3 is 10.5 Å². The van der Waals surface area contributed by atoms with Crippen molar-refractivity contribution in [1.82, 2.24) is 0 Å². The number of primary amides is 1. The highest BCUT2D eigenvalue weighted by molar-refractivity contribution is 7.89. The number of benzene rings is 1. The normalized spacial score (nSPS) is 15.2. The Morgan fingerprint density at radius 1 is 1.35 bits per heavy atom. The molecule has 0 unspecified atom stereocenters. The maximum Gasteiger partial charge on any atom is 0.252 e. The molecule has 1 fully saturated rings. The Hall–Kier alpha value is -1.74. The summed E-state index contributed by atoms with van der Waals surface area (Å²) in [6.45, 7) is 0.103. The van der Waals surface area contributed by atoms with Crippen LogP contribution in [0.15, 0.2) is 11.0 Å². The number of ether oxygens (including phenoxy) is 1. The molecule has 1 aromatic rings. The van der Waals surface area contributed by atoms with Crippen LogP contribution < -0.4 is 15.6 Å². The van der Waals surface area contributed by atoms with Crippen molar-refractivity contribution in [3.05, 3.63) is 23.3 Å². The van der Waals surface area contributed by atoms with E-state index in [2.05, 4.69) is 0 Å². The minimum Gasteiger partial charge on any atom is -0.489 e. The first kappa shape index (κ1) is 14.7. The van der Waals surface area contributed by atoms with Crippen molar-refractivity contribution >= 4 is 15.9 Å². The van der Waals surface area contributed by atoms with E-state index >= 15 is 0 Å². The highest BCUT2D eigenvalue weighted by Crippen LogP contribution is 2.33. The van der Waals surface area contributed by atoms with Crippen LogP contribution in [0.25, 0.3) is 0 Å². The second kappa shape index (κ2) is 4.98. The monoisotopic (exact) mass is 306 g/mol. The molecule has 0 bridgehead atoms. The van der Waals surface area contributed by atoms with Crippen LogP contribution in [0, 0.1) is 17.6 Å². The van der Waals surface area contributed by atoms with Gasteiger partial charge in [0.1, 0.15) is 4.90 Å². The lowest BCUT2D eigenvalue weighted by molar-refractivity contribution is 0.0994. The van der Waals surface area contributed by atoms with Gasteiger partial charge in [-0.2, -0.15) is 4.39 Å². The highest BCUT2D eigenvalue weighted by Gasteiger charge is 2.29. The summed E-state index contributed by atoms with van der Waals surface area (Å²) in [6, 6.07) is 0.582. The summed E-state index contributed by atoms with van der Waals surface area (Å²) in [7, 11) is -4.53. The summed E-state index contributed by atoms with van der Waals surface area (Å²) in [5.74, 6) is -4.89. The number of primary sulfonamides is 1. The summed E-state index contributed by atoms with van der Waals surface area (Å²) in [4.78, 5) is 10.1. The Labute approximate surface area is 113 Å². The van der Waals surface area contributed by atoms with Crippen molar-refractivity contribution in [1.29, 1.82) is 0 Å². The van der Waals surface area contributed by atoms with E-state index in [4.69, 9.17) is 15.6 Å². The Morgan fingerprint density at radius 3 is 2.40 bits per heavy atom. The fourth-order valence-electron chi connectivity index (χ4n) is 1.60. The number of amides is 1. The fraction of sp³-hybridized carbons (Fsp3) is 0.364. The molecule has 0 saturated heterocycles. The average molecular weight is 306 g/mol. The van der Waals surface area contributed by atoms with Crippen LogP contribution in [-0.2, 0) is 10.0 Å². The van der Waals surface area contributed by atoms with Crippen molar-refractivity contribution in [3.8, 4) is 5.75 Å². The van der Waals surface area contributed by atoms with Crippen molar-refractivity contribution in [2.24, 2.45) is 16.8 Å². The molecule has 1 amide bonds. The third-order valence-corrected chi connectivity index (χ3v) is 3.77. The minimum absolute atomic E-state index is 0.103. The molecule has 0 spiro atoms. The lowest BCUT2D eigenvalue weighted by atomic mass is 10.1. The molecule has 0 atom stereocenters. The minimum atomic E-state index is -4.53. The molecule has 1 aromatic carbocycles. The lowest BCUT2D eigenvalue weighted by Gasteiger charge is -2.12. The molecule has 110 valence electrons. The van der Waals surface area contributed by atoms with Crippen LogP contribution >= 0.6 is 0 Å². The van der Waals surface area contributed by atoms with E-state index in [9.17, 15) is 22.0 Å². The van der Waals surface area contributed by atoms with Crippen LogP contribution in [-0.4, -0.2) is 20.9 Å². The first-order valence-corrected chi connectivity index (χ1v) is 7.24. The molecule has 0 heterocycles. The van der Waals surface area contributed by atoms with E-state index in [1.807, 2.05) is 0 Å². The van der Waals surface area contributed by atoms with E-state index in [-0.39, 0.29) is 12.5 Å². The standard InChI is InChI=1S/C11H12F2N2O4S/c12-8-7(20(15,17)18)3-6(11(14)16)10(9(8)13)19-4-5-1-2-5/h3,5H,1-2,4H2,(H2,14,16)(H2,15,17,18). The Bertz CT molecular complexity index is 671. The Balaban J connectivity index is 2.54. The summed E-state index contributed by atoms with van der Waals surface area (Å²) in [5.41, 5.74) is 4.46. The van der Waals surface area contributed by atoms with Gasteiger partial charge in [0.15, 0.2) is 11.6 Å². The number of rotatable bonds is 5. The van der Waals surface area contributed by atoms with Crippen molar-refractivity contribution in [2.75, 3.05) is 6.61 Å². The fourth-order valence-corrected chi connectivity index (χ4v) is 2.22. The highest BCUT2D eigenvalue weighted by atomic mass is 32.2. The van der Waals surface area contributed by atoms with E-state index in [0.717, 1.165) is 12.8 Å². The summed E-state index contributed by atoms with van der Waals surface area (Å²) in [6.07, 6.45) is 1.79.